The van der Waals surface area contributed by atoms with Gasteiger partial charge in [-0.2, -0.15) is 0 Å². The van der Waals surface area contributed by atoms with Crippen LogP contribution in [0.2, 0.25) is 5.02 Å². The number of carbonyl (C=O) groups is 2. The Morgan fingerprint density at radius 2 is 1.85 bits per heavy atom. The number of nitrogens with one attached hydrogen (secondary N) is 2. The van der Waals surface area contributed by atoms with Crippen molar-refractivity contribution in [2.45, 2.75) is 51.0 Å². The second kappa shape index (κ2) is 12.2. The number of rotatable bonds is 11. The predicted molar refractivity (Wildman–Crippen MR) is 129 cm³/mol. The minimum Gasteiger partial charge on any atom is -0.467 e. The molecule has 0 saturated heterocycles. The molecule has 1 amide bonds. The first-order chi connectivity index (χ1) is 16.0. The van der Waals surface area contributed by atoms with Gasteiger partial charge in [-0.25, -0.2) is 9.78 Å². The fraction of sp³-hybridized carbons (Fsp3) is 0.346. The fourth-order valence-corrected chi connectivity index (χ4v) is 4.12. The second-order valence-corrected chi connectivity index (χ2v) is 8.43. The van der Waals surface area contributed by atoms with Gasteiger partial charge in [0.1, 0.15) is 11.9 Å². The summed E-state index contributed by atoms with van der Waals surface area (Å²) in [6, 6.07) is 16.5. The molecule has 2 N–H and O–H groups in total. The third kappa shape index (κ3) is 6.93. The maximum atomic E-state index is 12.7. The Morgan fingerprint density at radius 3 is 2.55 bits per heavy atom. The van der Waals surface area contributed by atoms with Crippen LogP contribution in [0.15, 0.2) is 60.8 Å². The highest BCUT2D eigenvalue weighted by Crippen LogP contribution is 2.32. The van der Waals surface area contributed by atoms with Crippen LogP contribution >= 0.6 is 11.6 Å². The Kier molecular flexibility index (Phi) is 9.07. The number of methoxy groups -OCH3 is 1. The number of hydrogen-bond acceptors (Lipinski definition) is 4. The molecule has 6 nitrogen and oxygen atoms in total. The first-order valence-corrected chi connectivity index (χ1v) is 11.6. The molecule has 1 aromatic heterocycles. The van der Waals surface area contributed by atoms with Crippen molar-refractivity contribution in [3.8, 4) is 0 Å². The summed E-state index contributed by atoms with van der Waals surface area (Å²) >= 11 is 6.46. The monoisotopic (exact) mass is 467 g/mol. The van der Waals surface area contributed by atoms with E-state index in [-0.39, 0.29) is 18.2 Å². The van der Waals surface area contributed by atoms with Gasteiger partial charge in [0.15, 0.2) is 0 Å². The number of imidazole rings is 1. The number of benzene rings is 2. The molecule has 2 aromatic carbocycles. The third-order valence-corrected chi connectivity index (χ3v) is 5.90. The van der Waals surface area contributed by atoms with Crippen LogP contribution in [0.4, 0.5) is 0 Å². The van der Waals surface area contributed by atoms with Gasteiger partial charge in [0.2, 0.25) is 5.91 Å². The lowest BCUT2D eigenvalue weighted by Gasteiger charge is -2.17. The number of esters is 1. The van der Waals surface area contributed by atoms with Crippen LogP contribution in [0.1, 0.15) is 54.7 Å². The molecular formula is C26H30ClN3O3. The lowest BCUT2D eigenvalue weighted by Crippen LogP contribution is -2.43. The number of nitrogens with zero attached hydrogens (tertiary/aromatic N) is 1. The number of halogens is 1. The molecule has 3 rings (SSSR count). The van der Waals surface area contributed by atoms with E-state index in [4.69, 9.17) is 16.3 Å². The first kappa shape index (κ1) is 24.5. The molecule has 0 saturated carbocycles. The second-order valence-electron chi connectivity index (χ2n) is 8.02. The van der Waals surface area contributed by atoms with E-state index in [9.17, 15) is 9.59 Å². The van der Waals surface area contributed by atoms with Crippen LogP contribution in [0.5, 0.6) is 0 Å². The highest BCUT2D eigenvalue weighted by molar-refractivity contribution is 6.31. The first-order valence-electron chi connectivity index (χ1n) is 11.2. The van der Waals surface area contributed by atoms with E-state index in [0.717, 1.165) is 36.2 Å². The van der Waals surface area contributed by atoms with Crippen molar-refractivity contribution < 1.29 is 14.3 Å². The molecule has 174 valence electrons. The zero-order valence-corrected chi connectivity index (χ0v) is 19.8. The molecule has 1 unspecified atom stereocenters. The van der Waals surface area contributed by atoms with Gasteiger partial charge in [-0.05, 0) is 23.6 Å². The molecule has 0 bridgehead atoms. The minimum absolute atomic E-state index is 0.0244. The SMILES string of the molecule is CCCCC(c1ncc(CC(=O)N[C@@H](Cc2ccccc2)C(=O)OC)[nH]1)c1ccccc1Cl. The summed E-state index contributed by atoms with van der Waals surface area (Å²) in [5.74, 6) is 0.0553. The van der Waals surface area contributed by atoms with Gasteiger partial charge in [0, 0.05) is 29.3 Å². The number of H-pyrrole nitrogens is 1. The van der Waals surface area contributed by atoms with Crippen molar-refractivity contribution >= 4 is 23.5 Å². The molecule has 2 atom stereocenters. The molecule has 0 spiro atoms. The zero-order valence-electron chi connectivity index (χ0n) is 19.0. The van der Waals surface area contributed by atoms with Crippen molar-refractivity contribution in [3.63, 3.8) is 0 Å². The fourth-order valence-electron chi connectivity index (χ4n) is 3.85. The van der Waals surface area contributed by atoms with Gasteiger partial charge in [0.25, 0.3) is 0 Å². The van der Waals surface area contributed by atoms with Crippen LogP contribution in [-0.4, -0.2) is 35.0 Å². The Hall–Kier alpha value is -3.12. The largest absolute Gasteiger partial charge is 0.467 e. The maximum Gasteiger partial charge on any atom is 0.328 e. The van der Waals surface area contributed by atoms with Gasteiger partial charge in [-0.15, -0.1) is 0 Å². The summed E-state index contributed by atoms with van der Waals surface area (Å²) in [5.41, 5.74) is 2.64. The summed E-state index contributed by atoms with van der Waals surface area (Å²) in [7, 11) is 1.32. The number of ether oxygens (including phenoxy) is 1. The van der Waals surface area contributed by atoms with E-state index in [1.54, 1.807) is 6.20 Å². The molecule has 0 aliphatic heterocycles. The number of aromatic nitrogens is 2. The van der Waals surface area contributed by atoms with Crippen LogP contribution < -0.4 is 5.32 Å². The molecule has 0 radical (unpaired) electrons. The van der Waals surface area contributed by atoms with Gasteiger partial charge in [-0.1, -0.05) is 79.9 Å². The average Bonchev–Trinajstić information content (AvgIpc) is 3.28. The van der Waals surface area contributed by atoms with Crippen LogP contribution in [0.25, 0.3) is 0 Å². The molecular weight excluding hydrogens is 438 g/mol. The Bertz CT molecular complexity index is 1050. The summed E-state index contributed by atoms with van der Waals surface area (Å²) in [6.07, 6.45) is 5.12. The van der Waals surface area contributed by atoms with E-state index in [1.807, 2.05) is 54.6 Å². The molecule has 0 aliphatic carbocycles. The van der Waals surface area contributed by atoms with E-state index in [0.29, 0.717) is 17.1 Å². The normalized spacial score (nSPS) is 12.7. The van der Waals surface area contributed by atoms with Gasteiger partial charge < -0.3 is 15.0 Å². The maximum absolute atomic E-state index is 12.7. The summed E-state index contributed by atoms with van der Waals surface area (Å²) in [5, 5.41) is 3.50. The topological polar surface area (TPSA) is 84.1 Å². The summed E-state index contributed by atoms with van der Waals surface area (Å²) in [6.45, 7) is 2.15. The predicted octanol–water partition coefficient (Wildman–Crippen LogP) is 4.83. The van der Waals surface area contributed by atoms with Gasteiger partial charge >= 0.3 is 5.97 Å². The summed E-state index contributed by atoms with van der Waals surface area (Å²) in [4.78, 5) is 32.8. The highest BCUT2D eigenvalue weighted by atomic mass is 35.5. The summed E-state index contributed by atoms with van der Waals surface area (Å²) < 4.78 is 4.88. The van der Waals surface area contributed by atoms with Crippen LogP contribution in [0.3, 0.4) is 0 Å². The molecule has 33 heavy (non-hydrogen) atoms. The molecule has 3 aromatic rings. The van der Waals surface area contributed by atoms with Crippen LogP contribution in [-0.2, 0) is 27.2 Å². The van der Waals surface area contributed by atoms with E-state index in [2.05, 4.69) is 22.2 Å². The van der Waals surface area contributed by atoms with E-state index in [1.165, 1.54) is 7.11 Å². The zero-order chi connectivity index (χ0) is 23.6. The lowest BCUT2D eigenvalue weighted by molar-refractivity contribution is -0.145. The highest BCUT2D eigenvalue weighted by Gasteiger charge is 2.23. The number of aromatic amines is 1. The number of hydrogen-bond donors (Lipinski definition) is 2. The molecule has 1 heterocycles. The number of unbranched alkanes of at least 4 members (excludes halogenated alkanes) is 1. The van der Waals surface area contributed by atoms with Crippen molar-refractivity contribution in [1.29, 1.82) is 0 Å². The van der Waals surface area contributed by atoms with Crippen molar-refractivity contribution in [2.75, 3.05) is 7.11 Å². The van der Waals surface area contributed by atoms with Crippen molar-refractivity contribution in [1.82, 2.24) is 15.3 Å². The van der Waals surface area contributed by atoms with Gasteiger partial charge in [0.05, 0.1) is 13.5 Å². The number of amides is 1. The molecule has 0 fully saturated rings. The molecule has 0 aliphatic rings. The number of carbonyl (C=O) groups excluding carboxylic acids is 2. The van der Waals surface area contributed by atoms with Gasteiger partial charge in [-0.3, -0.25) is 4.79 Å². The lowest BCUT2D eigenvalue weighted by atomic mass is 9.93. The average molecular weight is 468 g/mol. The Morgan fingerprint density at radius 1 is 1.12 bits per heavy atom. The standard InChI is InChI=1S/C26H30ClN3O3/c1-3-4-12-21(20-13-8-9-14-22(20)27)25-28-17-19(29-25)16-24(31)30-23(26(32)33-2)15-18-10-6-5-7-11-18/h5-11,13-14,17,21,23H,3-4,12,15-16H2,1-2H3,(H,28,29)(H,30,31)/t21?,23-/m0/s1. The Balaban J connectivity index is 1.70. The smallest absolute Gasteiger partial charge is 0.328 e. The third-order valence-electron chi connectivity index (χ3n) is 5.56. The quantitative estimate of drug-likeness (QED) is 0.396. The van der Waals surface area contributed by atoms with Crippen molar-refractivity contribution in [2.24, 2.45) is 0 Å². The molecule has 7 heteroatoms. The van der Waals surface area contributed by atoms with Crippen molar-refractivity contribution in [3.05, 3.63) is 88.5 Å². The minimum atomic E-state index is -0.757. The Labute approximate surface area is 199 Å². The van der Waals surface area contributed by atoms with Crippen LogP contribution in [0, 0.1) is 0 Å². The van der Waals surface area contributed by atoms with E-state index >= 15 is 0 Å². The van der Waals surface area contributed by atoms with E-state index < -0.39 is 12.0 Å².